The Bertz CT molecular complexity index is 631. The number of Topliss-reactive ketones (excluding diaryl/α,β-unsaturated/α-hetero) is 1. The van der Waals surface area contributed by atoms with Gasteiger partial charge in [-0.05, 0) is 29.8 Å². The van der Waals surface area contributed by atoms with E-state index < -0.39 is 0 Å². The molecular formula is C15H12O4. The van der Waals surface area contributed by atoms with Crippen molar-refractivity contribution in [1.29, 1.82) is 0 Å². The zero-order valence-corrected chi connectivity index (χ0v) is 10.0. The highest BCUT2D eigenvalue weighted by Crippen LogP contribution is 2.34. The summed E-state index contributed by atoms with van der Waals surface area (Å²) in [6, 6.07) is 11.0. The van der Waals surface area contributed by atoms with Gasteiger partial charge >= 0.3 is 0 Å². The molecule has 4 nitrogen and oxygen atoms in total. The second-order valence-electron chi connectivity index (χ2n) is 4.50. The fourth-order valence-electron chi connectivity index (χ4n) is 2.22. The largest absolute Gasteiger partial charge is 0.508 e. The zero-order chi connectivity index (χ0) is 13.4. The first-order chi connectivity index (χ1) is 9.15. The molecule has 0 bridgehead atoms. The first-order valence-electron chi connectivity index (χ1n) is 5.94. The lowest BCUT2D eigenvalue weighted by Crippen LogP contribution is -2.25. The normalized spacial score (nSPS) is 17.7. The number of ether oxygens (including phenoxy) is 1. The van der Waals surface area contributed by atoms with Crippen LogP contribution in [0.25, 0.3) is 0 Å². The highest BCUT2D eigenvalue weighted by Gasteiger charge is 2.30. The number of hydrogen-bond acceptors (Lipinski definition) is 4. The highest BCUT2D eigenvalue weighted by atomic mass is 16.5. The van der Waals surface area contributed by atoms with Gasteiger partial charge in [-0.3, -0.25) is 4.79 Å². The maximum absolute atomic E-state index is 12.4. The molecule has 2 N–H and O–H groups in total. The number of rotatable bonds is 1. The summed E-state index contributed by atoms with van der Waals surface area (Å²) in [5, 5.41) is 18.6. The van der Waals surface area contributed by atoms with Gasteiger partial charge in [-0.15, -0.1) is 0 Å². The van der Waals surface area contributed by atoms with Crippen LogP contribution in [-0.4, -0.2) is 22.6 Å². The van der Waals surface area contributed by atoms with Gasteiger partial charge in [0.2, 0.25) is 0 Å². The second kappa shape index (κ2) is 4.31. The zero-order valence-electron chi connectivity index (χ0n) is 10.0. The molecule has 1 heterocycles. The Morgan fingerprint density at radius 2 is 1.68 bits per heavy atom. The number of phenols is 2. The molecule has 0 radical (unpaired) electrons. The van der Waals surface area contributed by atoms with Crippen LogP contribution in [0.2, 0.25) is 0 Å². The molecule has 2 aromatic rings. The minimum Gasteiger partial charge on any atom is -0.508 e. The van der Waals surface area contributed by atoms with Gasteiger partial charge in [0.05, 0.1) is 11.5 Å². The molecule has 96 valence electrons. The van der Waals surface area contributed by atoms with Crippen molar-refractivity contribution in [2.45, 2.75) is 5.92 Å². The van der Waals surface area contributed by atoms with Crippen LogP contribution in [0, 0.1) is 0 Å². The smallest absolute Gasteiger partial charge is 0.177 e. The third-order valence-corrected chi connectivity index (χ3v) is 3.25. The Morgan fingerprint density at radius 1 is 1.00 bits per heavy atom. The molecule has 0 saturated heterocycles. The van der Waals surface area contributed by atoms with Crippen LogP contribution in [0.3, 0.4) is 0 Å². The molecule has 2 aromatic carbocycles. The first kappa shape index (κ1) is 11.6. The number of hydrogen-bond donors (Lipinski definition) is 2. The van der Waals surface area contributed by atoms with Gasteiger partial charge in [0.15, 0.2) is 5.78 Å². The van der Waals surface area contributed by atoms with Crippen molar-refractivity contribution in [2.75, 3.05) is 6.61 Å². The number of ketones is 1. The molecule has 0 unspecified atom stereocenters. The SMILES string of the molecule is O=C1c2ccc(O)cc2OC[C@H]1c1ccc(O)cc1. The third kappa shape index (κ3) is 2.01. The van der Waals surface area contributed by atoms with Crippen molar-refractivity contribution in [1.82, 2.24) is 0 Å². The number of carbonyl (C=O) groups is 1. The molecule has 1 aliphatic heterocycles. The van der Waals surface area contributed by atoms with Crippen molar-refractivity contribution in [3.05, 3.63) is 53.6 Å². The maximum Gasteiger partial charge on any atom is 0.177 e. The van der Waals surface area contributed by atoms with Gasteiger partial charge < -0.3 is 14.9 Å². The molecule has 3 rings (SSSR count). The van der Waals surface area contributed by atoms with Crippen LogP contribution < -0.4 is 4.74 Å². The van der Waals surface area contributed by atoms with E-state index in [1.165, 1.54) is 12.1 Å². The summed E-state index contributed by atoms with van der Waals surface area (Å²) in [7, 11) is 0. The van der Waals surface area contributed by atoms with Gasteiger partial charge in [-0.2, -0.15) is 0 Å². The molecule has 1 atom stereocenters. The topological polar surface area (TPSA) is 66.8 Å². The molecule has 4 heteroatoms. The lowest BCUT2D eigenvalue weighted by Gasteiger charge is -2.24. The van der Waals surface area contributed by atoms with Gasteiger partial charge in [0.1, 0.15) is 23.9 Å². The predicted octanol–water partition coefficient (Wildman–Crippen LogP) is 2.46. The number of carbonyl (C=O) groups excluding carboxylic acids is 1. The van der Waals surface area contributed by atoms with Crippen molar-refractivity contribution in [3.63, 3.8) is 0 Å². The molecule has 0 aromatic heterocycles. The summed E-state index contributed by atoms with van der Waals surface area (Å²) in [6.45, 7) is 0.236. The van der Waals surface area contributed by atoms with E-state index in [0.717, 1.165) is 5.56 Å². The highest BCUT2D eigenvalue weighted by molar-refractivity contribution is 6.04. The minimum atomic E-state index is -0.377. The number of fused-ring (bicyclic) bond motifs is 1. The molecule has 0 spiro atoms. The van der Waals surface area contributed by atoms with Gasteiger partial charge in [-0.25, -0.2) is 0 Å². The minimum absolute atomic E-state index is 0.0352. The Kier molecular flexibility index (Phi) is 2.63. The Morgan fingerprint density at radius 3 is 2.42 bits per heavy atom. The monoisotopic (exact) mass is 256 g/mol. The first-order valence-corrected chi connectivity index (χ1v) is 5.94. The van der Waals surface area contributed by atoms with E-state index in [2.05, 4.69) is 0 Å². The third-order valence-electron chi connectivity index (χ3n) is 3.25. The van der Waals surface area contributed by atoms with E-state index in [4.69, 9.17) is 4.74 Å². The lowest BCUT2D eigenvalue weighted by atomic mass is 9.89. The molecule has 1 aliphatic rings. The number of phenolic OH excluding ortho intramolecular Hbond substituents is 2. The van der Waals surface area contributed by atoms with Crippen molar-refractivity contribution in [3.8, 4) is 17.2 Å². The van der Waals surface area contributed by atoms with Crippen molar-refractivity contribution < 1.29 is 19.7 Å². The summed E-state index contributed by atoms with van der Waals surface area (Å²) in [5.74, 6) is 0.248. The summed E-state index contributed by atoms with van der Waals surface area (Å²) in [6.07, 6.45) is 0. The Labute approximate surface area is 109 Å². The Hall–Kier alpha value is -2.49. The van der Waals surface area contributed by atoms with E-state index in [-0.39, 0.29) is 29.8 Å². The quantitative estimate of drug-likeness (QED) is 0.822. The van der Waals surface area contributed by atoms with Crippen LogP contribution >= 0.6 is 0 Å². The lowest BCUT2D eigenvalue weighted by molar-refractivity contribution is 0.0896. The summed E-state index contributed by atoms with van der Waals surface area (Å²) in [5.41, 5.74) is 1.28. The van der Waals surface area contributed by atoms with Crippen LogP contribution in [0.15, 0.2) is 42.5 Å². The summed E-state index contributed by atoms with van der Waals surface area (Å²) < 4.78 is 5.53. The van der Waals surface area contributed by atoms with E-state index in [0.29, 0.717) is 11.3 Å². The fraction of sp³-hybridized carbons (Fsp3) is 0.133. The summed E-state index contributed by atoms with van der Waals surface area (Å²) in [4.78, 5) is 12.4. The molecule has 0 amide bonds. The van der Waals surface area contributed by atoms with Crippen LogP contribution in [0.5, 0.6) is 17.2 Å². The molecule has 0 saturated carbocycles. The molecule has 0 fully saturated rings. The second-order valence-corrected chi connectivity index (χ2v) is 4.50. The van der Waals surface area contributed by atoms with E-state index >= 15 is 0 Å². The molecular weight excluding hydrogens is 244 g/mol. The Balaban J connectivity index is 1.97. The van der Waals surface area contributed by atoms with E-state index in [1.807, 2.05) is 0 Å². The predicted molar refractivity (Wildman–Crippen MR) is 68.8 cm³/mol. The standard InChI is InChI=1S/C15H12O4/c16-10-3-1-9(2-4-10)13-8-19-14-7-11(17)5-6-12(14)15(13)18/h1-7,13,16-17H,8H2/t13-/m0/s1. The maximum atomic E-state index is 12.4. The van der Waals surface area contributed by atoms with Crippen LogP contribution in [-0.2, 0) is 0 Å². The molecule has 0 aliphatic carbocycles. The summed E-state index contributed by atoms with van der Waals surface area (Å²) >= 11 is 0. The fourth-order valence-corrected chi connectivity index (χ4v) is 2.22. The van der Waals surface area contributed by atoms with Gasteiger partial charge in [0.25, 0.3) is 0 Å². The van der Waals surface area contributed by atoms with Crippen molar-refractivity contribution >= 4 is 5.78 Å². The average molecular weight is 256 g/mol. The average Bonchev–Trinajstić information content (AvgIpc) is 2.40. The van der Waals surface area contributed by atoms with Gasteiger partial charge in [0, 0.05) is 6.07 Å². The van der Waals surface area contributed by atoms with E-state index in [9.17, 15) is 15.0 Å². The molecule has 19 heavy (non-hydrogen) atoms. The van der Waals surface area contributed by atoms with Crippen LogP contribution in [0.1, 0.15) is 21.8 Å². The van der Waals surface area contributed by atoms with Gasteiger partial charge in [-0.1, -0.05) is 12.1 Å². The van der Waals surface area contributed by atoms with Crippen molar-refractivity contribution in [2.24, 2.45) is 0 Å². The van der Waals surface area contributed by atoms with Crippen LogP contribution in [0.4, 0.5) is 0 Å². The number of aromatic hydroxyl groups is 2. The number of benzene rings is 2. The van der Waals surface area contributed by atoms with E-state index in [1.54, 1.807) is 30.3 Å².